The monoisotopic (exact) mass is 421 g/mol. The van der Waals surface area contributed by atoms with E-state index in [2.05, 4.69) is 101 Å². The summed E-state index contributed by atoms with van der Waals surface area (Å²) in [5, 5.41) is 7.16. The number of hydrogen-bond donors (Lipinski definition) is 2. The summed E-state index contributed by atoms with van der Waals surface area (Å²) in [4.78, 5) is 9.37. The zero-order valence-electron chi connectivity index (χ0n) is 19.6. The summed E-state index contributed by atoms with van der Waals surface area (Å²) in [5.74, 6) is 0.893. The average molecular weight is 422 g/mol. The number of hydrogen-bond acceptors (Lipinski definition) is 3. The molecule has 2 aromatic rings. The molecular weight excluding hydrogens is 382 g/mol. The maximum absolute atomic E-state index is 4.47. The number of rotatable bonds is 8. The molecule has 2 aromatic carbocycles. The molecule has 1 heterocycles. The van der Waals surface area contributed by atoms with Crippen molar-refractivity contribution in [3.05, 3.63) is 71.3 Å². The zero-order valence-corrected chi connectivity index (χ0v) is 19.6. The van der Waals surface area contributed by atoms with Crippen molar-refractivity contribution in [1.82, 2.24) is 20.4 Å². The fourth-order valence-electron chi connectivity index (χ4n) is 4.24. The van der Waals surface area contributed by atoms with Gasteiger partial charge in [0.1, 0.15) is 0 Å². The van der Waals surface area contributed by atoms with Crippen LogP contribution >= 0.6 is 0 Å². The van der Waals surface area contributed by atoms with Gasteiger partial charge in [0.25, 0.3) is 0 Å². The molecule has 0 aliphatic carbocycles. The second-order valence-corrected chi connectivity index (χ2v) is 8.75. The molecule has 5 heteroatoms. The number of benzene rings is 2. The molecule has 1 saturated heterocycles. The molecule has 0 saturated carbocycles. The van der Waals surface area contributed by atoms with Crippen LogP contribution in [0.5, 0.6) is 0 Å². The average Bonchev–Trinajstić information content (AvgIpc) is 2.79. The number of likely N-dealkylation sites (tertiary alicyclic amines) is 1. The Hall–Kier alpha value is -2.37. The first-order valence-electron chi connectivity index (χ1n) is 11.6. The van der Waals surface area contributed by atoms with Crippen LogP contribution in [0.15, 0.2) is 59.6 Å². The minimum Gasteiger partial charge on any atom is -0.354 e. The summed E-state index contributed by atoms with van der Waals surface area (Å²) in [6.07, 6.45) is 2.27. The standard InChI is InChI=1S/C26H39N5/c1-5-30(4)19-24-13-9-12-23(17-24)18-28-26(27-3)29-25-14-15-31(21(2)16-25)20-22-10-7-6-8-11-22/h6-13,17,21,25H,5,14-16,18-20H2,1-4H3,(H2,27,28,29). The molecule has 1 aliphatic rings. The Morgan fingerprint density at radius 2 is 1.84 bits per heavy atom. The lowest BCUT2D eigenvalue weighted by Crippen LogP contribution is -2.51. The number of aliphatic imine (C=N–C) groups is 1. The van der Waals surface area contributed by atoms with Crippen molar-refractivity contribution >= 4 is 5.96 Å². The molecule has 1 aliphatic heterocycles. The highest BCUT2D eigenvalue weighted by molar-refractivity contribution is 5.80. The van der Waals surface area contributed by atoms with Gasteiger partial charge in [-0.25, -0.2) is 0 Å². The maximum Gasteiger partial charge on any atom is 0.191 e. The van der Waals surface area contributed by atoms with E-state index in [4.69, 9.17) is 0 Å². The third-order valence-electron chi connectivity index (χ3n) is 6.25. The van der Waals surface area contributed by atoms with E-state index in [0.29, 0.717) is 12.1 Å². The van der Waals surface area contributed by atoms with E-state index in [-0.39, 0.29) is 0 Å². The van der Waals surface area contributed by atoms with Gasteiger partial charge in [-0.2, -0.15) is 0 Å². The zero-order chi connectivity index (χ0) is 22.1. The fourth-order valence-corrected chi connectivity index (χ4v) is 4.24. The molecule has 0 bridgehead atoms. The van der Waals surface area contributed by atoms with Gasteiger partial charge in [0.2, 0.25) is 0 Å². The van der Waals surface area contributed by atoms with Gasteiger partial charge in [-0.1, -0.05) is 61.5 Å². The molecule has 0 amide bonds. The first-order valence-corrected chi connectivity index (χ1v) is 11.6. The highest BCUT2D eigenvalue weighted by atomic mass is 15.2. The van der Waals surface area contributed by atoms with Gasteiger partial charge in [-0.3, -0.25) is 9.89 Å². The van der Waals surface area contributed by atoms with Crippen molar-refractivity contribution < 1.29 is 0 Å². The molecular formula is C26H39N5. The molecule has 2 unspecified atom stereocenters. The molecule has 2 N–H and O–H groups in total. The van der Waals surface area contributed by atoms with E-state index >= 15 is 0 Å². The van der Waals surface area contributed by atoms with E-state index in [9.17, 15) is 0 Å². The van der Waals surface area contributed by atoms with Gasteiger partial charge >= 0.3 is 0 Å². The molecule has 0 aromatic heterocycles. The molecule has 2 atom stereocenters. The van der Waals surface area contributed by atoms with Crippen LogP contribution in [0.4, 0.5) is 0 Å². The van der Waals surface area contributed by atoms with Gasteiger partial charge in [0.05, 0.1) is 0 Å². The highest BCUT2D eigenvalue weighted by Crippen LogP contribution is 2.20. The molecule has 0 radical (unpaired) electrons. The lowest BCUT2D eigenvalue weighted by atomic mass is 9.97. The van der Waals surface area contributed by atoms with E-state index in [0.717, 1.165) is 51.5 Å². The summed E-state index contributed by atoms with van der Waals surface area (Å²) < 4.78 is 0. The van der Waals surface area contributed by atoms with E-state index in [1.807, 2.05) is 7.05 Å². The van der Waals surface area contributed by atoms with Crippen LogP contribution in [0.3, 0.4) is 0 Å². The summed E-state index contributed by atoms with van der Waals surface area (Å²) in [5.41, 5.74) is 4.04. The van der Waals surface area contributed by atoms with Crippen molar-refractivity contribution in [1.29, 1.82) is 0 Å². The van der Waals surface area contributed by atoms with E-state index in [1.54, 1.807) is 0 Å². The second kappa shape index (κ2) is 11.9. The number of nitrogens with zero attached hydrogens (tertiary/aromatic N) is 3. The number of piperidine rings is 1. The Balaban J connectivity index is 1.47. The highest BCUT2D eigenvalue weighted by Gasteiger charge is 2.25. The van der Waals surface area contributed by atoms with E-state index in [1.165, 1.54) is 16.7 Å². The molecule has 0 spiro atoms. The van der Waals surface area contributed by atoms with Gasteiger partial charge in [-0.05, 0) is 50.0 Å². The first kappa shape index (κ1) is 23.3. The van der Waals surface area contributed by atoms with Crippen LogP contribution < -0.4 is 10.6 Å². The van der Waals surface area contributed by atoms with Crippen LogP contribution in [-0.2, 0) is 19.6 Å². The third-order valence-corrected chi connectivity index (χ3v) is 6.25. The smallest absolute Gasteiger partial charge is 0.191 e. The van der Waals surface area contributed by atoms with Crippen LogP contribution in [0.1, 0.15) is 43.4 Å². The predicted octanol–water partition coefficient (Wildman–Crippen LogP) is 3.86. The Bertz CT molecular complexity index is 820. The van der Waals surface area contributed by atoms with Gasteiger partial charge < -0.3 is 15.5 Å². The lowest BCUT2D eigenvalue weighted by Gasteiger charge is -2.38. The van der Waals surface area contributed by atoms with Crippen molar-refractivity contribution in [3.8, 4) is 0 Å². The van der Waals surface area contributed by atoms with Crippen LogP contribution in [-0.4, -0.2) is 55.0 Å². The van der Waals surface area contributed by atoms with E-state index < -0.39 is 0 Å². The Kier molecular flexibility index (Phi) is 8.92. The Morgan fingerprint density at radius 3 is 2.55 bits per heavy atom. The van der Waals surface area contributed by atoms with Crippen molar-refractivity contribution in [2.24, 2.45) is 4.99 Å². The maximum atomic E-state index is 4.47. The van der Waals surface area contributed by atoms with Gasteiger partial charge in [0.15, 0.2) is 5.96 Å². The quantitative estimate of drug-likeness (QED) is 0.502. The largest absolute Gasteiger partial charge is 0.354 e. The molecule has 168 valence electrons. The topological polar surface area (TPSA) is 42.9 Å². The predicted molar refractivity (Wildman–Crippen MR) is 131 cm³/mol. The number of nitrogens with one attached hydrogen (secondary N) is 2. The van der Waals surface area contributed by atoms with Gasteiger partial charge in [0, 0.05) is 45.3 Å². The summed E-state index contributed by atoms with van der Waals surface area (Å²) in [6, 6.07) is 20.6. The first-order chi connectivity index (χ1) is 15.1. The van der Waals surface area contributed by atoms with Crippen LogP contribution in [0.25, 0.3) is 0 Å². The summed E-state index contributed by atoms with van der Waals surface area (Å²) in [7, 11) is 4.01. The number of guanidine groups is 1. The van der Waals surface area contributed by atoms with Crippen LogP contribution in [0, 0.1) is 0 Å². The Morgan fingerprint density at radius 1 is 1.10 bits per heavy atom. The SMILES string of the molecule is CCN(C)Cc1cccc(CNC(=NC)NC2CCN(Cc3ccccc3)C(C)C2)c1. The molecule has 1 fully saturated rings. The van der Waals surface area contributed by atoms with Crippen molar-refractivity contribution in [2.45, 2.75) is 58.4 Å². The third kappa shape index (κ3) is 7.37. The van der Waals surface area contributed by atoms with Gasteiger partial charge in [-0.15, -0.1) is 0 Å². The normalized spacial score (nSPS) is 20.1. The van der Waals surface area contributed by atoms with Crippen LogP contribution in [0.2, 0.25) is 0 Å². The van der Waals surface area contributed by atoms with Crippen molar-refractivity contribution in [3.63, 3.8) is 0 Å². The fraction of sp³-hybridized carbons (Fsp3) is 0.500. The second-order valence-electron chi connectivity index (χ2n) is 8.75. The lowest BCUT2D eigenvalue weighted by molar-refractivity contribution is 0.134. The van der Waals surface area contributed by atoms with Crippen molar-refractivity contribution in [2.75, 3.05) is 27.2 Å². The molecule has 5 nitrogen and oxygen atoms in total. The molecule has 3 rings (SSSR count). The minimum absolute atomic E-state index is 0.456. The minimum atomic E-state index is 0.456. The molecule has 31 heavy (non-hydrogen) atoms. The summed E-state index contributed by atoms with van der Waals surface area (Å²) >= 11 is 0. The Labute approximate surface area is 188 Å². The summed E-state index contributed by atoms with van der Waals surface area (Å²) in [6.45, 7) is 9.49.